The van der Waals surface area contributed by atoms with Crippen LogP contribution in [0.25, 0.3) is 0 Å². The predicted molar refractivity (Wildman–Crippen MR) is 76.8 cm³/mol. The maximum atomic E-state index is 13.2. The molecule has 0 heterocycles. The normalized spacial score (nSPS) is 11.9. The SMILES string of the molecule is CC(Nc1cc(Cl)ccc1C(=O)O)c1cccc(F)c1. The van der Waals surface area contributed by atoms with Gasteiger partial charge in [0, 0.05) is 11.1 Å². The average molecular weight is 294 g/mol. The first-order chi connectivity index (χ1) is 9.47. The highest BCUT2D eigenvalue weighted by molar-refractivity contribution is 6.31. The van der Waals surface area contributed by atoms with Crippen molar-refractivity contribution >= 4 is 23.3 Å². The third kappa shape index (κ3) is 3.27. The lowest BCUT2D eigenvalue weighted by Crippen LogP contribution is -2.10. The number of hydrogen-bond acceptors (Lipinski definition) is 2. The van der Waals surface area contributed by atoms with E-state index in [1.54, 1.807) is 18.2 Å². The standard InChI is InChI=1S/C15H13ClFNO2/c1-9(10-3-2-4-12(17)7-10)18-14-8-11(16)5-6-13(14)15(19)20/h2-9,18H,1H3,(H,19,20). The lowest BCUT2D eigenvalue weighted by atomic mass is 10.1. The third-order valence-electron chi connectivity index (χ3n) is 2.93. The average Bonchev–Trinajstić information content (AvgIpc) is 2.38. The Morgan fingerprint density at radius 3 is 2.70 bits per heavy atom. The summed E-state index contributed by atoms with van der Waals surface area (Å²) in [6.07, 6.45) is 0. The van der Waals surface area contributed by atoms with Crippen LogP contribution in [-0.2, 0) is 0 Å². The first-order valence-electron chi connectivity index (χ1n) is 6.02. The van der Waals surface area contributed by atoms with E-state index >= 15 is 0 Å². The van der Waals surface area contributed by atoms with Gasteiger partial charge in [-0.1, -0.05) is 23.7 Å². The zero-order valence-corrected chi connectivity index (χ0v) is 11.5. The van der Waals surface area contributed by atoms with Crippen LogP contribution in [0.1, 0.15) is 28.9 Å². The maximum Gasteiger partial charge on any atom is 0.337 e. The second kappa shape index (κ2) is 5.92. The van der Waals surface area contributed by atoms with Crippen molar-refractivity contribution in [1.82, 2.24) is 0 Å². The van der Waals surface area contributed by atoms with Gasteiger partial charge in [-0.2, -0.15) is 0 Å². The summed E-state index contributed by atoms with van der Waals surface area (Å²) in [6, 6.07) is 10.4. The Labute approximate surface area is 121 Å². The molecule has 0 aromatic heterocycles. The Kier molecular flexibility index (Phi) is 4.25. The van der Waals surface area contributed by atoms with Gasteiger partial charge in [0.15, 0.2) is 0 Å². The number of hydrogen-bond donors (Lipinski definition) is 2. The molecule has 2 aromatic rings. The molecule has 0 radical (unpaired) electrons. The Bertz CT molecular complexity index is 646. The summed E-state index contributed by atoms with van der Waals surface area (Å²) < 4.78 is 13.2. The van der Waals surface area contributed by atoms with Crippen LogP contribution in [-0.4, -0.2) is 11.1 Å². The van der Waals surface area contributed by atoms with Gasteiger partial charge in [0.05, 0.1) is 11.3 Å². The van der Waals surface area contributed by atoms with E-state index in [1.807, 2.05) is 6.92 Å². The minimum atomic E-state index is -1.05. The highest BCUT2D eigenvalue weighted by Crippen LogP contribution is 2.26. The first kappa shape index (κ1) is 14.3. The van der Waals surface area contributed by atoms with Crippen molar-refractivity contribution < 1.29 is 14.3 Å². The fourth-order valence-corrected chi connectivity index (χ4v) is 2.09. The van der Waals surface area contributed by atoms with Crippen LogP contribution in [0, 0.1) is 5.82 Å². The molecule has 104 valence electrons. The Morgan fingerprint density at radius 2 is 2.05 bits per heavy atom. The van der Waals surface area contributed by atoms with Crippen molar-refractivity contribution in [2.45, 2.75) is 13.0 Å². The van der Waals surface area contributed by atoms with Crippen molar-refractivity contribution in [3.63, 3.8) is 0 Å². The van der Waals surface area contributed by atoms with Gasteiger partial charge in [-0.15, -0.1) is 0 Å². The molecular formula is C15H13ClFNO2. The Morgan fingerprint density at radius 1 is 1.30 bits per heavy atom. The largest absolute Gasteiger partial charge is 0.478 e. The van der Waals surface area contributed by atoms with Gasteiger partial charge in [0.1, 0.15) is 5.82 Å². The van der Waals surface area contributed by atoms with Crippen LogP contribution in [0.2, 0.25) is 5.02 Å². The summed E-state index contributed by atoms with van der Waals surface area (Å²) >= 11 is 5.88. The molecule has 0 saturated carbocycles. The lowest BCUT2D eigenvalue weighted by Gasteiger charge is -2.17. The molecule has 1 atom stereocenters. The second-order valence-electron chi connectivity index (χ2n) is 4.42. The first-order valence-corrected chi connectivity index (χ1v) is 6.40. The minimum absolute atomic E-state index is 0.123. The quantitative estimate of drug-likeness (QED) is 0.881. The van der Waals surface area contributed by atoms with Crippen LogP contribution in [0.5, 0.6) is 0 Å². The summed E-state index contributed by atoms with van der Waals surface area (Å²) in [7, 11) is 0. The monoisotopic (exact) mass is 293 g/mol. The van der Waals surface area contributed by atoms with Gasteiger partial charge in [0.25, 0.3) is 0 Å². The topological polar surface area (TPSA) is 49.3 Å². The number of aromatic carboxylic acids is 1. The third-order valence-corrected chi connectivity index (χ3v) is 3.17. The summed E-state index contributed by atoms with van der Waals surface area (Å²) in [4.78, 5) is 11.2. The molecule has 20 heavy (non-hydrogen) atoms. The maximum absolute atomic E-state index is 13.2. The van der Waals surface area contributed by atoms with Crippen LogP contribution in [0.3, 0.4) is 0 Å². The molecule has 2 aromatic carbocycles. The number of anilines is 1. The highest BCUT2D eigenvalue weighted by Gasteiger charge is 2.13. The van der Waals surface area contributed by atoms with Gasteiger partial charge < -0.3 is 10.4 Å². The molecule has 0 spiro atoms. The molecule has 0 aliphatic carbocycles. The molecule has 0 fully saturated rings. The van der Waals surface area contributed by atoms with E-state index in [0.29, 0.717) is 10.7 Å². The smallest absolute Gasteiger partial charge is 0.337 e. The molecule has 2 rings (SSSR count). The fourth-order valence-electron chi connectivity index (χ4n) is 1.91. The summed E-state index contributed by atoms with van der Waals surface area (Å²) in [5, 5.41) is 12.6. The van der Waals surface area contributed by atoms with Crippen molar-refractivity contribution in [1.29, 1.82) is 0 Å². The number of benzene rings is 2. The molecule has 0 saturated heterocycles. The van der Waals surface area contributed by atoms with E-state index in [9.17, 15) is 9.18 Å². The molecule has 0 aliphatic heterocycles. The van der Waals surface area contributed by atoms with E-state index in [1.165, 1.54) is 24.3 Å². The van der Waals surface area contributed by atoms with Crippen molar-refractivity contribution in [2.75, 3.05) is 5.32 Å². The van der Waals surface area contributed by atoms with E-state index in [4.69, 9.17) is 16.7 Å². The van der Waals surface area contributed by atoms with E-state index in [-0.39, 0.29) is 17.4 Å². The molecule has 3 nitrogen and oxygen atoms in total. The van der Waals surface area contributed by atoms with Crippen LogP contribution < -0.4 is 5.32 Å². The fraction of sp³-hybridized carbons (Fsp3) is 0.133. The lowest BCUT2D eigenvalue weighted by molar-refractivity contribution is 0.0698. The van der Waals surface area contributed by atoms with Gasteiger partial charge in [-0.25, -0.2) is 9.18 Å². The van der Waals surface area contributed by atoms with Crippen molar-refractivity contribution in [3.8, 4) is 0 Å². The zero-order valence-electron chi connectivity index (χ0n) is 10.7. The molecule has 2 N–H and O–H groups in total. The molecular weight excluding hydrogens is 281 g/mol. The number of carbonyl (C=O) groups is 1. The van der Waals surface area contributed by atoms with Crippen LogP contribution >= 0.6 is 11.6 Å². The molecule has 0 aliphatic rings. The number of nitrogens with one attached hydrogen (secondary N) is 1. The number of rotatable bonds is 4. The summed E-state index contributed by atoms with van der Waals surface area (Å²) in [5.74, 6) is -1.38. The molecule has 0 amide bonds. The van der Waals surface area contributed by atoms with Crippen LogP contribution in [0.4, 0.5) is 10.1 Å². The number of carboxylic acids is 1. The van der Waals surface area contributed by atoms with E-state index < -0.39 is 5.97 Å². The van der Waals surface area contributed by atoms with Gasteiger partial charge in [-0.05, 0) is 42.8 Å². The van der Waals surface area contributed by atoms with Gasteiger partial charge in [-0.3, -0.25) is 0 Å². The number of halogens is 2. The predicted octanol–water partition coefficient (Wildman–Crippen LogP) is 4.35. The number of carboxylic acid groups (broad SMARTS) is 1. The summed E-state index contributed by atoms with van der Waals surface area (Å²) in [5.41, 5.74) is 1.25. The summed E-state index contributed by atoms with van der Waals surface area (Å²) in [6.45, 7) is 1.82. The molecule has 5 heteroatoms. The van der Waals surface area contributed by atoms with Crippen molar-refractivity contribution in [2.24, 2.45) is 0 Å². The molecule has 1 unspecified atom stereocenters. The van der Waals surface area contributed by atoms with Crippen molar-refractivity contribution in [3.05, 3.63) is 64.4 Å². The minimum Gasteiger partial charge on any atom is -0.478 e. The zero-order chi connectivity index (χ0) is 14.7. The molecule has 0 bridgehead atoms. The highest BCUT2D eigenvalue weighted by atomic mass is 35.5. The second-order valence-corrected chi connectivity index (χ2v) is 4.85. The van der Waals surface area contributed by atoms with E-state index in [0.717, 1.165) is 5.56 Å². The Hall–Kier alpha value is -2.07. The van der Waals surface area contributed by atoms with E-state index in [2.05, 4.69) is 5.32 Å². The van der Waals surface area contributed by atoms with Gasteiger partial charge in [0.2, 0.25) is 0 Å². The van der Waals surface area contributed by atoms with Crippen LogP contribution in [0.15, 0.2) is 42.5 Å². The Balaban J connectivity index is 2.29. The van der Waals surface area contributed by atoms with Gasteiger partial charge >= 0.3 is 5.97 Å².